The zero-order valence-corrected chi connectivity index (χ0v) is 15.4. The van der Waals surface area contributed by atoms with E-state index in [9.17, 15) is 14.0 Å². The molecule has 0 aromatic heterocycles. The van der Waals surface area contributed by atoms with Gasteiger partial charge in [-0.2, -0.15) is 0 Å². The molecule has 138 valence electrons. The minimum atomic E-state index is -1.35. The molecular formula is C20H23FN2O3. The molecule has 0 saturated heterocycles. The number of carbonyl (C=O) groups excluding carboxylic acids is 2. The summed E-state index contributed by atoms with van der Waals surface area (Å²) in [5.41, 5.74) is 0.452. The Balaban J connectivity index is 2.08. The van der Waals surface area contributed by atoms with Crippen molar-refractivity contribution in [2.24, 2.45) is 5.41 Å². The number of rotatable bonds is 6. The van der Waals surface area contributed by atoms with Crippen molar-refractivity contribution in [1.82, 2.24) is 5.32 Å². The highest BCUT2D eigenvalue weighted by Gasteiger charge is 2.36. The monoisotopic (exact) mass is 358 g/mol. The summed E-state index contributed by atoms with van der Waals surface area (Å²) in [6.45, 7) is 4.93. The van der Waals surface area contributed by atoms with Crippen molar-refractivity contribution < 1.29 is 18.7 Å². The number of aryl methyl sites for hydroxylation is 1. The van der Waals surface area contributed by atoms with Gasteiger partial charge in [-0.1, -0.05) is 24.3 Å². The Labute approximate surface area is 152 Å². The van der Waals surface area contributed by atoms with Crippen LogP contribution in [0, 0.1) is 18.2 Å². The highest BCUT2D eigenvalue weighted by Crippen LogP contribution is 2.27. The molecule has 0 aliphatic carbocycles. The first-order valence-corrected chi connectivity index (χ1v) is 8.23. The fraction of sp³-hybridized carbons (Fsp3) is 0.300. The summed E-state index contributed by atoms with van der Waals surface area (Å²) in [4.78, 5) is 25.1. The Morgan fingerprint density at radius 3 is 2.46 bits per heavy atom. The van der Waals surface area contributed by atoms with E-state index in [2.05, 4.69) is 10.6 Å². The molecule has 0 spiro atoms. The molecule has 2 rings (SSSR count). The highest BCUT2D eigenvalue weighted by molar-refractivity contribution is 6.10. The number of halogens is 1. The van der Waals surface area contributed by atoms with E-state index in [0.717, 1.165) is 5.56 Å². The van der Waals surface area contributed by atoms with Crippen molar-refractivity contribution in [3.8, 4) is 5.75 Å². The van der Waals surface area contributed by atoms with Crippen LogP contribution in [0.5, 0.6) is 5.75 Å². The van der Waals surface area contributed by atoms with Crippen molar-refractivity contribution in [3.63, 3.8) is 0 Å². The molecule has 0 unspecified atom stereocenters. The average molecular weight is 358 g/mol. The molecular weight excluding hydrogens is 335 g/mol. The summed E-state index contributed by atoms with van der Waals surface area (Å²) in [7, 11) is 1.51. The van der Waals surface area contributed by atoms with E-state index in [1.165, 1.54) is 27.0 Å². The first-order valence-electron chi connectivity index (χ1n) is 8.23. The Morgan fingerprint density at radius 1 is 1.12 bits per heavy atom. The normalized spacial score (nSPS) is 11.0. The lowest BCUT2D eigenvalue weighted by Gasteiger charge is -2.23. The number of hydrogen-bond acceptors (Lipinski definition) is 3. The van der Waals surface area contributed by atoms with Crippen molar-refractivity contribution in [1.29, 1.82) is 0 Å². The van der Waals surface area contributed by atoms with Crippen LogP contribution in [-0.2, 0) is 16.1 Å². The van der Waals surface area contributed by atoms with E-state index >= 15 is 0 Å². The Bertz CT molecular complexity index is 818. The van der Waals surface area contributed by atoms with Crippen LogP contribution in [0.1, 0.15) is 25.0 Å². The quantitative estimate of drug-likeness (QED) is 0.778. The molecule has 0 aliphatic rings. The molecule has 5 nitrogen and oxygen atoms in total. The molecule has 0 radical (unpaired) electrons. The fourth-order valence-electron chi connectivity index (χ4n) is 2.34. The summed E-state index contributed by atoms with van der Waals surface area (Å²) < 4.78 is 18.9. The topological polar surface area (TPSA) is 67.4 Å². The number of amides is 2. The Kier molecular flexibility index (Phi) is 5.97. The number of ether oxygens (including phenoxy) is 1. The van der Waals surface area contributed by atoms with E-state index in [1.54, 1.807) is 30.3 Å². The van der Waals surface area contributed by atoms with Gasteiger partial charge >= 0.3 is 0 Å². The Hall–Kier alpha value is -2.89. The number of anilines is 1. The summed E-state index contributed by atoms with van der Waals surface area (Å²) in [6.07, 6.45) is 0. The lowest BCUT2D eigenvalue weighted by molar-refractivity contribution is -0.138. The number of nitrogens with one attached hydrogen (secondary N) is 2. The van der Waals surface area contributed by atoms with Crippen molar-refractivity contribution in [2.45, 2.75) is 27.3 Å². The second-order valence-electron chi connectivity index (χ2n) is 6.56. The molecule has 0 fully saturated rings. The van der Waals surface area contributed by atoms with E-state index < -0.39 is 23.0 Å². The van der Waals surface area contributed by atoms with Crippen LogP contribution < -0.4 is 15.4 Å². The Morgan fingerprint density at radius 2 is 1.81 bits per heavy atom. The van der Waals surface area contributed by atoms with Crippen LogP contribution in [0.15, 0.2) is 42.5 Å². The molecule has 0 aliphatic heterocycles. The van der Waals surface area contributed by atoms with Gasteiger partial charge in [0.15, 0.2) is 0 Å². The minimum absolute atomic E-state index is 0.00990. The third-order valence-corrected chi connectivity index (χ3v) is 4.14. The average Bonchev–Trinajstić information content (AvgIpc) is 2.60. The summed E-state index contributed by atoms with van der Waals surface area (Å²) in [6, 6.07) is 11.5. The molecule has 26 heavy (non-hydrogen) atoms. The predicted octanol–water partition coefficient (Wildman–Crippen LogP) is 3.42. The molecule has 2 N–H and O–H groups in total. The molecule has 2 amide bonds. The van der Waals surface area contributed by atoms with Crippen LogP contribution in [0.2, 0.25) is 0 Å². The van der Waals surface area contributed by atoms with Gasteiger partial charge in [0.2, 0.25) is 11.8 Å². The fourth-order valence-corrected chi connectivity index (χ4v) is 2.34. The molecule has 0 saturated carbocycles. The summed E-state index contributed by atoms with van der Waals surface area (Å²) in [5.74, 6) is -0.872. The number of hydrogen-bond donors (Lipinski definition) is 2. The van der Waals surface area contributed by atoms with Crippen molar-refractivity contribution in [3.05, 3.63) is 59.4 Å². The zero-order valence-electron chi connectivity index (χ0n) is 15.4. The minimum Gasteiger partial charge on any atom is -0.495 e. The maximum absolute atomic E-state index is 13.7. The van der Waals surface area contributed by atoms with Crippen molar-refractivity contribution in [2.75, 3.05) is 12.4 Å². The second-order valence-corrected chi connectivity index (χ2v) is 6.56. The van der Waals surface area contributed by atoms with Crippen LogP contribution in [0.4, 0.5) is 10.1 Å². The standard InChI is InChI=1S/C20H23FN2O3/c1-13-9-10-17(26-4)16(11-13)23-19(25)20(2,3)18(24)22-12-14-7-5-6-8-15(14)21/h5-11H,12H2,1-4H3,(H,22,24)(H,23,25). The number of carbonyl (C=O) groups is 2. The predicted molar refractivity (Wildman–Crippen MR) is 98.4 cm³/mol. The lowest BCUT2D eigenvalue weighted by Crippen LogP contribution is -2.45. The third-order valence-electron chi connectivity index (χ3n) is 4.14. The van der Waals surface area contributed by atoms with Gasteiger partial charge in [0.1, 0.15) is 17.0 Å². The van der Waals surface area contributed by atoms with Crippen LogP contribution >= 0.6 is 0 Å². The van der Waals surface area contributed by atoms with Gasteiger partial charge in [0.25, 0.3) is 0 Å². The van der Waals surface area contributed by atoms with Crippen LogP contribution in [0.3, 0.4) is 0 Å². The van der Waals surface area contributed by atoms with E-state index in [4.69, 9.17) is 4.74 Å². The molecule has 0 bridgehead atoms. The molecule has 6 heteroatoms. The molecule has 0 heterocycles. The summed E-state index contributed by atoms with van der Waals surface area (Å²) in [5, 5.41) is 5.35. The van der Waals surface area contributed by atoms with Gasteiger partial charge in [0.05, 0.1) is 12.8 Å². The van der Waals surface area contributed by atoms with Gasteiger partial charge in [-0.25, -0.2) is 4.39 Å². The number of benzene rings is 2. The zero-order chi connectivity index (χ0) is 19.3. The lowest BCUT2D eigenvalue weighted by atomic mass is 9.90. The molecule has 2 aromatic carbocycles. The first-order chi connectivity index (χ1) is 12.3. The van der Waals surface area contributed by atoms with Gasteiger partial charge in [-0.15, -0.1) is 0 Å². The van der Waals surface area contributed by atoms with E-state index in [1.807, 2.05) is 13.0 Å². The van der Waals surface area contributed by atoms with Crippen LogP contribution in [0.25, 0.3) is 0 Å². The van der Waals surface area contributed by atoms with Gasteiger partial charge in [-0.05, 0) is 44.5 Å². The van der Waals surface area contributed by atoms with E-state index in [-0.39, 0.29) is 6.54 Å². The maximum atomic E-state index is 13.7. The van der Waals surface area contributed by atoms with Gasteiger partial charge in [0, 0.05) is 12.1 Å². The van der Waals surface area contributed by atoms with Gasteiger partial charge in [-0.3, -0.25) is 9.59 Å². The second kappa shape index (κ2) is 7.99. The summed E-state index contributed by atoms with van der Waals surface area (Å²) >= 11 is 0. The van der Waals surface area contributed by atoms with Crippen LogP contribution in [-0.4, -0.2) is 18.9 Å². The largest absolute Gasteiger partial charge is 0.495 e. The molecule has 0 atom stereocenters. The number of methoxy groups -OCH3 is 1. The highest BCUT2D eigenvalue weighted by atomic mass is 19.1. The maximum Gasteiger partial charge on any atom is 0.239 e. The van der Waals surface area contributed by atoms with Gasteiger partial charge < -0.3 is 15.4 Å². The molecule has 2 aromatic rings. The smallest absolute Gasteiger partial charge is 0.239 e. The van der Waals surface area contributed by atoms with E-state index in [0.29, 0.717) is 17.0 Å². The third kappa shape index (κ3) is 4.39. The first kappa shape index (κ1) is 19.4. The SMILES string of the molecule is COc1ccc(C)cc1NC(=O)C(C)(C)C(=O)NCc1ccccc1F. The van der Waals surface area contributed by atoms with Crippen molar-refractivity contribution >= 4 is 17.5 Å².